The molecule has 122 valence electrons. The van der Waals surface area contributed by atoms with Crippen LogP contribution in [0.2, 0.25) is 0 Å². The quantitative estimate of drug-likeness (QED) is 0.709. The number of thiophene rings is 1. The molecule has 0 aliphatic heterocycles. The van der Waals surface area contributed by atoms with E-state index in [2.05, 4.69) is 15.5 Å². The Hall–Kier alpha value is -3.00. The third-order valence-corrected chi connectivity index (χ3v) is 4.26. The van der Waals surface area contributed by atoms with Crippen LogP contribution in [-0.2, 0) is 4.74 Å². The average Bonchev–Trinajstić information content (AvgIpc) is 2.99. The largest absolute Gasteiger partial charge is 0.462 e. The van der Waals surface area contributed by atoms with Gasteiger partial charge in [0.05, 0.1) is 6.61 Å². The Morgan fingerprint density at radius 1 is 1.25 bits per heavy atom. The van der Waals surface area contributed by atoms with Gasteiger partial charge in [-0.25, -0.2) is 9.89 Å². The van der Waals surface area contributed by atoms with Crippen LogP contribution in [0.3, 0.4) is 0 Å². The van der Waals surface area contributed by atoms with E-state index >= 15 is 0 Å². The van der Waals surface area contributed by atoms with Crippen molar-refractivity contribution in [3.05, 3.63) is 57.3 Å². The van der Waals surface area contributed by atoms with E-state index in [1.54, 1.807) is 25.1 Å². The summed E-state index contributed by atoms with van der Waals surface area (Å²) in [6.45, 7) is 2.07. The number of carbonyl (C=O) groups is 2. The molecule has 2 heterocycles. The predicted octanol–water partition coefficient (Wildman–Crippen LogP) is 2.41. The molecule has 0 saturated heterocycles. The molecule has 0 saturated carbocycles. The van der Waals surface area contributed by atoms with Crippen LogP contribution < -0.4 is 10.9 Å². The van der Waals surface area contributed by atoms with Crippen LogP contribution in [0.25, 0.3) is 10.1 Å². The van der Waals surface area contributed by atoms with Gasteiger partial charge < -0.3 is 10.1 Å². The molecule has 0 fully saturated rings. The number of carbonyl (C=O) groups excluding carboxylic acids is 2. The summed E-state index contributed by atoms with van der Waals surface area (Å²) < 4.78 is 5.90. The van der Waals surface area contributed by atoms with Crippen molar-refractivity contribution in [3.63, 3.8) is 0 Å². The number of hydrogen-bond donors (Lipinski definition) is 2. The van der Waals surface area contributed by atoms with E-state index in [0.717, 1.165) is 10.1 Å². The number of benzene rings is 1. The van der Waals surface area contributed by atoms with Crippen LogP contribution >= 0.6 is 11.3 Å². The lowest BCUT2D eigenvalue weighted by molar-refractivity contribution is 0.0532. The number of H-pyrrole nitrogens is 1. The molecule has 0 radical (unpaired) electrons. The molecule has 0 aliphatic rings. The maximum Gasteiger partial charge on any atom is 0.348 e. The maximum absolute atomic E-state index is 12.1. The molecular weight excluding hydrogens is 330 g/mol. The highest BCUT2D eigenvalue weighted by molar-refractivity contribution is 7.20. The Balaban J connectivity index is 1.82. The highest BCUT2D eigenvalue weighted by atomic mass is 32.1. The molecule has 2 N–H and O–H groups in total. The van der Waals surface area contributed by atoms with Gasteiger partial charge in [0.1, 0.15) is 10.6 Å². The normalized spacial score (nSPS) is 10.5. The summed E-state index contributed by atoms with van der Waals surface area (Å²) >= 11 is 1.33. The standard InChI is InChI=1S/C16H13N3O4S/c1-2-23-16(22)13-8-9-7-10(3-5-12(9)24-13)17-15(21)11-4-6-14(20)19-18-11/h3-8H,2H2,1H3,(H,17,21)(H,19,20). The second-order valence-electron chi connectivity index (χ2n) is 4.84. The molecule has 7 nitrogen and oxygen atoms in total. The second-order valence-corrected chi connectivity index (χ2v) is 5.93. The van der Waals surface area contributed by atoms with E-state index < -0.39 is 5.91 Å². The van der Waals surface area contributed by atoms with Crippen LogP contribution in [-0.4, -0.2) is 28.7 Å². The summed E-state index contributed by atoms with van der Waals surface area (Å²) in [5.41, 5.74) is 0.290. The van der Waals surface area contributed by atoms with Gasteiger partial charge in [0.2, 0.25) is 0 Å². The third-order valence-electron chi connectivity index (χ3n) is 3.16. The number of aromatic nitrogens is 2. The maximum atomic E-state index is 12.1. The number of esters is 1. The molecule has 3 rings (SSSR count). The van der Waals surface area contributed by atoms with Crippen molar-refractivity contribution in [3.8, 4) is 0 Å². The van der Waals surface area contributed by atoms with E-state index in [0.29, 0.717) is 17.2 Å². The molecule has 0 unspecified atom stereocenters. The number of amides is 1. The first-order chi connectivity index (χ1) is 11.6. The van der Waals surface area contributed by atoms with Crippen LogP contribution in [0.4, 0.5) is 5.69 Å². The summed E-state index contributed by atoms with van der Waals surface area (Å²) in [5.74, 6) is -0.798. The van der Waals surface area contributed by atoms with Gasteiger partial charge in [-0.05, 0) is 42.6 Å². The number of nitrogens with one attached hydrogen (secondary N) is 2. The Labute approximate surface area is 140 Å². The fourth-order valence-electron chi connectivity index (χ4n) is 2.09. The second kappa shape index (κ2) is 6.63. The molecule has 24 heavy (non-hydrogen) atoms. The molecule has 0 spiro atoms. The summed E-state index contributed by atoms with van der Waals surface area (Å²) in [4.78, 5) is 35.3. The van der Waals surface area contributed by atoms with E-state index in [1.807, 2.05) is 6.07 Å². The Morgan fingerprint density at radius 3 is 2.79 bits per heavy atom. The number of nitrogens with zero attached hydrogens (tertiary/aromatic N) is 1. The van der Waals surface area contributed by atoms with Crippen molar-refractivity contribution in [2.24, 2.45) is 0 Å². The fourth-order valence-corrected chi connectivity index (χ4v) is 3.03. The molecule has 0 bridgehead atoms. The fraction of sp³-hybridized carbons (Fsp3) is 0.125. The number of fused-ring (bicyclic) bond motifs is 1. The van der Waals surface area contributed by atoms with Crippen LogP contribution in [0.5, 0.6) is 0 Å². The van der Waals surface area contributed by atoms with E-state index in [4.69, 9.17) is 4.74 Å². The summed E-state index contributed by atoms with van der Waals surface area (Å²) in [6, 6.07) is 9.62. The van der Waals surface area contributed by atoms with Crippen molar-refractivity contribution in [1.29, 1.82) is 0 Å². The third kappa shape index (κ3) is 3.33. The van der Waals surface area contributed by atoms with Gasteiger partial charge in [-0.1, -0.05) is 0 Å². The minimum absolute atomic E-state index is 0.104. The minimum atomic E-state index is -0.438. The first-order valence-corrected chi connectivity index (χ1v) is 7.96. The molecule has 2 aromatic heterocycles. The van der Waals surface area contributed by atoms with Crippen LogP contribution in [0.1, 0.15) is 27.1 Å². The zero-order valence-electron chi connectivity index (χ0n) is 12.7. The lowest BCUT2D eigenvalue weighted by Gasteiger charge is -2.04. The molecule has 8 heteroatoms. The van der Waals surface area contributed by atoms with E-state index in [-0.39, 0.29) is 17.2 Å². The summed E-state index contributed by atoms with van der Waals surface area (Å²) in [5, 5.41) is 9.41. The lowest BCUT2D eigenvalue weighted by Crippen LogP contribution is -2.17. The molecule has 0 atom stereocenters. The molecular formula is C16H13N3O4S. The van der Waals surface area contributed by atoms with Crippen LogP contribution in [0, 0.1) is 0 Å². The smallest absolute Gasteiger partial charge is 0.348 e. The first-order valence-electron chi connectivity index (χ1n) is 7.14. The van der Waals surface area contributed by atoms with Crippen molar-refractivity contribution in [2.45, 2.75) is 6.92 Å². The molecule has 3 aromatic rings. The predicted molar refractivity (Wildman–Crippen MR) is 90.6 cm³/mol. The number of rotatable bonds is 4. The van der Waals surface area contributed by atoms with Gasteiger partial charge >= 0.3 is 5.97 Å². The van der Waals surface area contributed by atoms with Gasteiger partial charge in [0.15, 0.2) is 0 Å². The average molecular weight is 343 g/mol. The monoisotopic (exact) mass is 343 g/mol. The SMILES string of the molecule is CCOC(=O)c1cc2cc(NC(=O)c3ccc(=O)[nH]n3)ccc2s1. The van der Waals surface area contributed by atoms with Gasteiger partial charge in [0, 0.05) is 16.5 Å². The van der Waals surface area contributed by atoms with E-state index in [1.165, 1.54) is 23.5 Å². The topological polar surface area (TPSA) is 101 Å². The van der Waals surface area contributed by atoms with Crippen molar-refractivity contribution < 1.29 is 14.3 Å². The first kappa shape index (κ1) is 15.9. The summed E-state index contributed by atoms with van der Waals surface area (Å²) in [6.07, 6.45) is 0. The van der Waals surface area contributed by atoms with Gasteiger partial charge in [-0.2, -0.15) is 5.10 Å². The summed E-state index contributed by atoms with van der Waals surface area (Å²) in [7, 11) is 0. The van der Waals surface area contributed by atoms with Crippen molar-refractivity contribution >= 4 is 39.0 Å². The minimum Gasteiger partial charge on any atom is -0.462 e. The zero-order valence-corrected chi connectivity index (χ0v) is 13.5. The van der Waals surface area contributed by atoms with Crippen LogP contribution in [0.15, 0.2) is 41.2 Å². The number of hydrogen-bond acceptors (Lipinski definition) is 6. The highest BCUT2D eigenvalue weighted by Crippen LogP contribution is 2.28. The lowest BCUT2D eigenvalue weighted by atomic mass is 10.2. The van der Waals surface area contributed by atoms with Gasteiger partial charge in [-0.15, -0.1) is 11.3 Å². The molecule has 1 amide bonds. The Morgan fingerprint density at radius 2 is 2.08 bits per heavy atom. The van der Waals surface area contributed by atoms with Crippen molar-refractivity contribution in [1.82, 2.24) is 10.2 Å². The van der Waals surface area contributed by atoms with Gasteiger partial charge in [0.25, 0.3) is 11.5 Å². The Kier molecular flexibility index (Phi) is 4.39. The van der Waals surface area contributed by atoms with Crippen molar-refractivity contribution in [2.75, 3.05) is 11.9 Å². The van der Waals surface area contributed by atoms with Gasteiger partial charge in [-0.3, -0.25) is 9.59 Å². The molecule has 1 aromatic carbocycles. The number of anilines is 1. The number of ether oxygens (including phenoxy) is 1. The Bertz CT molecular complexity index is 956. The van der Waals surface area contributed by atoms with E-state index in [9.17, 15) is 14.4 Å². The molecule has 0 aliphatic carbocycles. The zero-order chi connectivity index (χ0) is 17.1. The number of aromatic amines is 1. The highest BCUT2D eigenvalue weighted by Gasteiger charge is 2.13.